The van der Waals surface area contributed by atoms with Crippen LogP contribution >= 0.6 is 0 Å². The SMILES string of the molecule is Cc1ccc(C(C)C)c(O)c1C(N)CCC(=O)O. The smallest absolute Gasteiger partial charge is 0.303 e. The largest absolute Gasteiger partial charge is 0.507 e. The molecular weight excluding hydrogens is 230 g/mol. The Bertz CT molecular complexity index is 441. The van der Waals surface area contributed by atoms with Gasteiger partial charge in [-0.15, -0.1) is 0 Å². The molecule has 1 unspecified atom stereocenters. The lowest BCUT2D eigenvalue weighted by Gasteiger charge is -2.19. The van der Waals surface area contributed by atoms with Gasteiger partial charge in [-0.3, -0.25) is 4.79 Å². The molecule has 0 spiro atoms. The van der Waals surface area contributed by atoms with Crippen LogP contribution in [0.3, 0.4) is 0 Å². The Labute approximate surface area is 107 Å². The van der Waals surface area contributed by atoms with E-state index < -0.39 is 12.0 Å². The maximum atomic E-state index is 10.6. The number of phenolic OH excluding ortho intramolecular Hbond substituents is 1. The molecule has 1 atom stereocenters. The number of carboxylic acid groups (broad SMARTS) is 1. The van der Waals surface area contributed by atoms with E-state index in [1.54, 1.807) is 0 Å². The molecule has 0 bridgehead atoms. The van der Waals surface area contributed by atoms with Crippen molar-refractivity contribution in [2.24, 2.45) is 5.73 Å². The predicted octanol–water partition coefficient (Wildman–Crippen LogP) is 2.69. The van der Waals surface area contributed by atoms with Gasteiger partial charge in [-0.05, 0) is 30.4 Å². The Morgan fingerprint density at radius 3 is 2.50 bits per heavy atom. The van der Waals surface area contributed by atoms with E-state index >= 15 is 0 Å². The number of benzene rings is 1. The molecule has 0 aliphatic rings. The second-order valence-electron chi connectivity index (χ2n) is 4.93. The Morgan fingerprint density at radius 2 is 2.00 bits per heavy atom. The molecule has 0 fully saturated rings. The van der Waals surface area contributed by atoms with E-state index in [2.05, 4.69) is 0 Å². The van der Waals surface area contributed by atoms with Crippen molar-refractivity contribution < 1.29 is 15.0 Å². The summed E-state index contributed by atoms with van der Waals surface area (Å²) in [6.45, 7) is 5.87. The summed E-state index contributed by atoms with van der Waals surface area (Å²) in [6, 6.07) is 3.37. The average Bonchev–Trinajstić information content (AvgIpc) is 2.25. The first-order chi connectivity index (χ1) is 8.34. The molecule has 1 aromatic carbocycles. The molecule has 4 heteroatoms. The van der Waals surface area contributed by atoms with Crippen LogP contribution < -0.4 is 5.73 Å². The standard InChI is InChI=1S/C14H21NO3/c1-8(2)10-5-4-9(3)13(14(10)18)11(15)6-7-12(16)17/h4-5,8,11,18H,6-7,15H2,1-3H3,(H,16,17). The van der Waals surface area contributed by atoms with Crippen LogP contribution in [-0.4, -0.2) is 16.2 Å². The summed E-state index contributed by atoms with van der Waals surface area (Å²) in [5, 5.41) is 18.9. The van der Waals surface area contributed by atoms with Crippen molar-refractivity contribution >= 4 is 5.97 Å². The Morgan fingerprint density at radius 1 is 1.39 bits per heavy atom. The predicted molar refractivity (Wildman–Crippen MR) is 70.7 cm³/mol. The molecule has 4 nitrogen and oxygen atoms in total. The van der Waals surface area contributed by atoms with Crippen molar-refractivity contribution in [3.63, 3.8) is 0 Å². The minimum Gasteiger partial charge on any atom is -0.507 e. The van der Waals surface area contributed by atoms with E-state index in [-0.39, 0.29) is 18.1 Å². The molecule has 0 radical (unpaired) electrons. The van der Waals surface area contributed by atoms with Crippen LogP contribution in [0.1, 0.15) is 55.3 Å². The maximum absolute atomic E-state index is 10.6. The van der Waals surface area contributed by atoms with E-state index in [9.17, 15) is 9.90 Å². The highest BCUT2D eigenvalue weighted by atomic mass is 16.4. The first-order valence-corrected chi connectivity index (χ1v) is 6.14. The molecular formula is C14H21NO3. The number of aryl methyl sites for hydroxylation is 1. The number of rotatable bonds is 5. The van der Waals surface area contributed by atoms with Gasteiger partial charge in [0.05, 0.1) is 0 Å². The lowest BCUT2D eigenvalue weighted by atomic mass is 9.91. The summed E-state index contributed by atoms with van der Waals surface area (Å²) >= 11 is 0. The van der Waals surface area contributed by atoms with Gasteiger partial charge in [0.1, 0.15) is 5.75 Å². The molecule has 0 saturated heterocycles. The second-order valence-corrected chi connectivity index (χ2v) is 4.93. The van der Waals surface area contributed by atoms with Crippen molar-refractivity contribution in [3.05, 3.63) is 28.8 Å². The zero-order chi connectivity index (χ0) is 13.9. The number of nitrogens with two attached hydrogens (primary N) is 1. The van der Waals surface area contributed by atoms with Gasteiger partial charge in [0.15, 0.2) is 0 Å². The quantitative estimate of drug-likeness (QED) is 0.751. The summed E-state index contributed by atoms with van der Waals surface area (Å²) in [4.78, 5) is 10.6. The average molecular weight is 251 g/mol. The topological polar surface area (TPSA) is 83.5 Å². The molecule has 0 aliphatic heterocycles. The lowest BCUT2D eigenvalue weighted by Crippen LogP contribution is -2.14. The molecule has 0 aromatic heterocycles. The third-order valence-electron chi connectivity index (χ3n) is 3.13. The van der Waals surface area contributed by atoms with E-state index in [1.165, 1.54) is 0 Å². The number of aromatic hydroxyl groups is 1. The Hall–Kier alpha value is -1.55. The van der Waals surface area contributed by atoms with Crippen LogP contribution in [0.2, 0.25) is 0 Å². The summed E-state index contributed by atoms with van der Waals surface area (Å²) < 4.78 is 0. The van der Waals surface area contributed by atoms with E-state index in [0.29, 0.717) is 12.0 Å². The van der Waals surface area contributed by atoms with Gasteiger partial charge in [0, 0.05) is 18.0 Å². The zero-order valence-electron chi connectivity index (χ0n) is 11.1. The number of carboxylic acids is 1. The third-order valence-corrected chi connectivity index (χ3v) is 3.13. The lowest BCUT2D eigenvalue weighted by molar-refractivity contribution is -0.137. The highest BCUT2D eigenvalue weighted by Gasteiger charge is 2.18. The number of carbonyl (C=O) groups is 1. The van der Waals surface area contributed by atoms with Gasteiger partial charge < -0.3 is 15.9 Å². The van der Waals surface area contributed by atoms with Crippen molar-refractivity contribution in [1.29, 1.82) is 0 Å². The van der Waals surface area contributed by atoms with E-state index in [0.717, 1.165) is 11.1 Å². The van der Waals surface area contributed by atoms with E-state index in [1.807, 2.05) is 32.9 Å². The van der Waals surface area contributed by atoms with Gasteiger partial charge in [-0.25, -0.2) is 0 Å². The van der Waals surface area contributed by atoms with Crippen molar-refractivity contribution in [2.45, 2.75) is 45.6 Å². The number of hydrogen-bond donors (Lipinski definition) is 3. The molecule has 0 amide bonds. The van der Waals surface area contributed by atoms with Crippen LogP contribution in [-0.2, 0) is 4.79 Å². The van der Waals surface area contributed by atoms with Gasteiger partial charge in [0.2, 0.25) is 0 Å². The normalized spacial score (nSPS) is 12.7. The first-order valence-electron chi connectivity index (χ1n) is 6.14. The highest BCUT2D eigenvalue weighted by molar-refractivity contribution is 5.66. The third kappa shape index (κ3) is 3.23. The van der Waals surface area contributed by atoms with Crippen molar-refractivity contribution in [3.8, 4) is 5.75 Å². The van der Waals surface area contributed by atoms with Crippen LogP contribution in [0.4, 0.5) is 0 Å². The molecule has 4 N–H and O–H groups in total. The Balaban J connectivity index is 3.06. The number of phenols is 1. The van der Waals surface area contributed by atoms with Gasteiger partial charge >= 0.3 is 5.97 Å². The molecule has 1 aromatic rings. The van der Waals surface area contributed by atoms with Crippen LogP contribution in [0.25, 0.3) is 0 Å². The fourth-order valence-corrected chi connectivity index (χ4v) is 2.08. The molecule has 0 heterocycles. The minimum absolute atomic E-state index is 0.00591. The molecule has 1 rings (SSSR count). The van der Waals surface area contributed by atoms with Gasteiger partial charge in [0.25, 0.3) is 0 Å². The fraction of sp³-hybridized carbons (Fsp3) is 0.500. The summed E-state index contributed by atoms with van der Waals surface area (Å²) in [6.07, 6.45) is 0.331. The zero-order valence-corrected chi connectivity index (χ0v) is 11.1. The summed E-state index contributed by atoms with van der Waals surface area (Å²) in [7, 11) is 0. The van der Waals surface area contributed by atoms with E-state index in [4.69, 9.17) is 10.8 Å². The molecule has 18 heavy (non-hydrogen) atoms. The molecule has 0 saturated carbocycles. The van der Waals surface area contributed by atoms with Crippen LogP contribution in [0.15, 0.2) is 12.1 Å². The summed E-state index contributed by atoms with van der Waals surface area (Å²) in [5.74, 6) is -0.457. The molecule has 100 valence electrons. The van der Waals surface area contributed by atoms with Crippen molar-refractivity contribution in [1.82, 2.24) is 0 Å². The first kappa shape index (κ1) is 14.5. The van der Waals surface area contributed by atoms with Crippen LogP contribution in [0.5, 0.6) is 5.75 Å². The molecule has 0 aliphatic carbocycles. The number of aliphatic carboxylic acids is 1. The Kier molecular flexibility index (Phi) is 4.73. The van der Waals surface area contributed by atoms with Gasteiger partial charge in [-0.2, -0.15) is 0 Å². The fourth-order valence-electron chi connectivity index (χ4n) is 2.08. The summed E-state index contributed by atoms with van der Waals surface area (Å²) in [5.41, 5.74) is 8.41. The maximum Gasteiger partial charge on any atom is 0.303 e. The van der Waals surface area contributed by atoms with Crippen molar-refractivity contribution in [2.75, 3.05) is 0 Å². The minimum atomic E-state index is -0.873. The van der Waals surface area contributed by atoms with Crippen LogP contribution in [0, 0.1) is 6.92 Å². The highest BCUT2D eigenvalue weighted by Crippen LogP contribution is 2.35. The van der Waals surface area contributed by atoms with Gasteiger partial charge in [-0.1, -0.05) is 26.0 Å². The monoisotopic (exact) mass is 251 g/mol. The number of hydrogen-bond acceptors (Lipinski definition) is 3. The second kappa shape index (κ2) is 5.87.